The molecule has 0 saturated carbocycles. The van der Waals surface area contributed by atoms with E-state index in [1.165, 1.54) is 0 Å². The van der Waals surface area contributed by atoms with E-state index in [0.29, 0.717) is 13.2 Å². The Labute approximate surface area is 122 Å². The van der Waals surface area contributed by atoms with Crippen LogP contribution in [-0.2, 0) is 14.9 Å². The second kappa shape index (κ2) is 8.39. The van der Waals surface area contributed by atoms with Crippen molar-refractivity contribution in [3.63, 3.8) is 0 Å². The summed E-state index contributed by atoms with van der Waals surface area (Å²) in [5, 5.41) is 3.28. The highest BCUT2D eigenvalue weighted by Crippen LogP contribution is 2.28. The molecule has 19 heavy (non-hydrogen) atoms. The molecule has 116 valence electrons. The molecular formula is C11H26ClN3O3S. The van der Waals surface area contributed by atoms with Gasteiger partial charge in [-0.15, -0.1) is 12.4 Å². The van der Waals surface area contributed by atoms with E-state index in [9.17, 15) is 8.42 Å². The molecular weight excluding hydrogens is 290 g/mol. The van der Waals surface area contributed by atoms with Gasteiger partial charge in [0.25, 0.3) is 10.2 Å². The Morgan fingerprint density at radius 1 is 1.32 bits per heavy atom. The highest BCUT2D eigenvalue weighted by Gasteiger charge is 2.33. The maximum absolute atomic E-state index is 11.8. The van der Waals surface area contributed by atoms with E-state index < -0.39 is 10.2 Å². The van der Waals surface area contributed by atoms with Crippen LogP contribution in [0.3, 0.4) is 0 Å². The Hall–Kier alpha value is 0.0800. The van der Waals surface area contributed by atoms with Crippen molar-refractivity contribution in [3.8, 4) is 0 Å². The van der Waals surface area contributed by atoms with Crippen LogP contribution < -0.4 is 14.8 Å². The normalized spacial score (nSPS) is 19.2. The number of methoxy groups -OCH3 is 1. The number of piperidine rings is 1. The molecule has 0 aromatic heterocycles. The van der Waals surface area contributed by atoms with E-state index in [-0.39, 0.29) is 23.9 Å². The molecule has 1 saturated heterocycles. The maximum Gasteiger partial charge on any atom is 0.277 e. The monoisotopic (exact) mass is 315 g/mol. The van der Waals surface area contributed by atoms with Gasteiger partial charge in [0.05, 0.1) is 6.61 Å². The minimum Gasteiger partial charge on any atom is -0.384 e. The predicted octanol–water partition coefficient (Wildman–Crippen LogP) is 0.257. The SMILES string of the molecule is COCC1(CNS(=O)(=O)NC(C)C)CCNCC1.Cl. The van der Waals surface area contributed by atoms with Gasteiger partial charge < -0.3 is 10.1 Å². The van der Waals surface area contributed by atoms with Gasteiger partial charge in [0.1, 0.15) is 0 Å². The molecule has 0 aromatic carbocycles. The highest BCUT2D eigenvalue weighted by molar-refractivity contribution is 7.87. The van der Waals surface area contributed by atoms with Crippen molar-refractivity contribution in [2.24, 2.45) is 5.41 Å². The fourth-order valence-electron chi connectivity index (χ4n) is 2.24. The van der Waals surface area contributed by atoms with Crippen LogP contribution in [0.4, 0.5) is 0 Å². The quantitative estimate of drug-likeness (QED) is 0.629. The number of hydrogen-bond acceptors (Lipinski definition) is 4. The van der Waals surface area contributed by atoms with E-state index in [0.717, 1.165) is 25.9 Å². The molecule has 1 heterocycles. The summed E-state index contributed by atoms with van der Waals surface area (Å²) < 4.78 is 33.9. The molecule has 0 radical (unpaired) electrons. The van der Waals surface area contributed by atoms with Crippen LogP contribution in [0.15, 0.2) is 0 Å². The zero-order valence-corrected chi connectivity index (χ0v) is 13.5. The number of rotatable bonds is 7. The first-order valence-corrected chi connectivity index (χ1v) is 7.84. The summed E-state index contributed by atoms with van der Waals surface area (Å²) in [5.41, 5.74) is -0.0915. The fraction of sp³-hybridized carbons (Fsp3) is 1.00. The van der Waals surface area contributed by atoms with Gasteiger partial charge in [-0.2, -0.15) is 13.1 Å². The van der Waals surface area contributed by atoms with Crippen LogP contribution >= 0.6 is 12.4 Å². The van der Waals surface area contributed by atoms with Gasteiger partial charge in [-0.05, 0) is 39.8 Å². The Morgan fingerprint density at radius 3 is 2.37 bits per heavy atom. The standard InChI is InChI=1S/C11H25N3O3S.ClH/c1-10(2)14-18(15,16)13-8-11(9-17-3)4-6-12-7-5-11;/h10,12-14H,4-9H2,1-3H3;1H. The fourth-order valence-corrected chi connectivity index (χ4v) is 3.44. The topological polar surface area (TPSA) is 79.5 Å². The molecule has 0 amide bonds. The van der Waals surface area contributed by atoms with Gasteiger partial charge in [0.2, 0.25) is 0 Å². The van der Waals surface area contributed by atoms with E-state index >= 15 is 0 Å². The smallest absolute Gasteiger partial charge is 0.277 e. The van der Waals surface area contributed by atoms with E-state index in [4.69, 9.17) is 4.74 Å². The van der Waals surface area contributed by atoms with Crippen molar-refractivity contribution in [2.75, 3.05) is 33.4 Å². The van der Waals surface area contributed by atoms with Gasteiger partial charge in [-0.25, -0.2) is 4.72 Å². The average Bonchev–Trinajstić information content (AvgIpc) is 2.27. The van der Waals surface area contributed by atoms with Crippen molar-refractivity contribution in [3.05, 3.63) is 0 Å². The Morgan fingerprint density at radius 2 is 1.89 bits per heavy atom. The molecule has 1 rings (SSSR count). The zero-order chi connectivity index (χ0) is 13.6. The summed E-state index contributed by atoms with van der Waals surface area (Å²) in [6, 6.07) is -0.103. The number of ether oxygens (including phenoxy) is 1. The van der Waals surface area contributed by atoms with Gasteiger partial charge in [-0.3, -0.25) is 0 Å². The van der Waals surface area contributed by atoms with Crippen molar-refractivity contribution >= 4 is 22.6 Å². The second-order valence-corrected chi connectivity index (χ2v) is 6.81. The lowest BCUT2D eigenvalue weighted by Crippen LogP contribution is -2.50. The van der Waals surface area contributed by atoms with E-state index in [2.05, 4.69) is 14.8 Å². The van der Waals surface area contributed by atoms with Crippen molar-refractivity contribution < 1.29 is 13.2 Å². The number of halogens is 1. The molecule has 8 heteroatoms. The third-order valence-electron chi connectivity index (χ3n) is 3.14. The molecule has 0 unspecified atom stereocenters. The third kappa shape index (κ3) is 6.87. The second-order valence-electron chi connectivity index (χ2n) is 5.28. The molecule has 0 aliphatic carbocycles. The average molecular weight is 316 g/mol. The lowest BCUT2D eigenvalue weighted by Gasteiger charge is -2.37. The molecule has 1 aliphatic heterocycles. The highest BCUT2D eigenvalue weighted by atomic mass is 35.5. The molecule has 0 bridgehead atoms. The van der Waals surface area contributed by atoms with Gasteiger partial charge in [-0.1, -0.05) is 0 Å². The van der Waals surface area contributed by atoms with E-state index in [1.807, 2.05) is 0 Å². The third-order valence-corrected chi connectivity index (χ3v) is 4.45. The molecule has 6 nitrogen and oxygen atoms in total. The van der Waals surface area contributed by atoms with Gasteiger partial charge in [0, 0.05) is 25.1 Å². The van der Waals surface area contributed by atoms with Crippen LogP contribution in [0.5, 0.6) is 0 Å². The predicted molar refractivity (Wildman–Crippen MR) is 78.9 cm³/mol. The Bertz CT molecular complexity index is 338. The van der Waals surface area contributed by atoms with Gasteiger partial charge >= 0.3 is 0 Å². The van der Waals surface area contributed by atoms with Crippen molar-refractivity contribution in [1.29, 1.82) is 0 Å². The summed E-state index contributed by atoms with van der Waals surface area (Å²) in [6.07, 6.45) is 1.84. The first kappa shape index (κ1) is 19.1. The summed E-state index contributed by atoms with van der Waals surface area (Å²) in [4.78, 5) is 0. The number of nitrogens with one attached hydrogen (secondary N) is 3. The summed E-state index contributed by atoms with van der Waals surface area (Å²) in [7, 11) is -1.76. The Balaban J connectivity index is 0.00000324. The minimum atomic E-state index is -3.41. The number of hydrogen-bond donors (Lipinski definition) is 3. The summed E-state index contributed by atoms with van der Waals surface area (Å²) in [5.74, 6) is 0. The van der Waals surface area contributed by atoms with Crippen molar-refractivity contribution in [2.45, 2.75) is 32.7 Å². The first-order valence-electron chi connectivity index (χ1n) is 6.36. The molecule has 0 aromatic rings. The van der Waals surface area contributed by atoms with Crippen LogP contribution in [0.1, 0.15) is 26.7 Å². The largest absolute Gasteiger partial charge is 0.384 e. The molecule has 3 N–H and O–H groups in total. The summed E-state index contributed by atoms with van der Waals surface area (Å²) >= 11 is 0. The Kier molecular flexibility index (Phi) is 8.42. The summed E-state index contributed by atoms with van der Waals surface area (Å²) in [6.45, 7) is 6.41. The lowest BCUT2D eigenvalue weighted by molar-refractivity contribution is 0.0576. The molecule has 0 atom stereocenters. The van der Waals surface area contributed by atoms with Gasteiger partial charge in [0.15, 0.2) is 0 Å². The van der Waals surface area contributed by atoms with Crippen LogP contribution in [0, 0.1) is 5.41 Å². The van der Waals surface area contributed by atoms with Crippen LogP contribution in [0.2, 0.25) is 0 Å². The minimum absolute atomic E-state index is 0. The van der Waals surface area contributed by atoms with E-state index in [1.54, 1.807) is 21.0 Å². The van der Waals surface area contributed by atoms with Crippen LogP contribution in [0.25, 0.3) is 0 Å². The zero-order valence-electron chi connectivity index (χ0n) is 11.9. The molecule has 1 fully saturated rings. The molecule has 1 aliphatic rings. The first-order chi connectivity index (χ1) is 8.39. The lowest BCUT2D eigenvalue weighted by atomic mass is 9.80. The van der Waals surface area contributed by atoms with Crippen molar-refractivity contribution in [1.82, 2.24) is 14.8 Å². The van der Waals surface area contributed by atoms with Crippen LogP contribution in [-0.4, -0.2) is 47.8 Å². The maximum atomic E-state index is 11.8. The molecule has 0 spiro atoms.